The lowest BCUT2D eigenvalue weighted by atomic mass is 9.91. The predicted molar refractivity (Wildman–Crippen MR) is 149 cm³/mol. The van der Waals surface area contributed by atoms with Gasteiger partial charge in [0.25, 0.3) is 0 Å². The molecule has 0 spiro atoms. The Morgan fingerprint density at radius 1 is 0.875 bits per heavy atom. The SMILES string of the molecule is C[C@H]1[C@@H](CSc2ccccc2C(=O)O)O[C@@H](c2ccc(NC(=O)CCC(=O)O)cc2)O[C@H]1c1ccc(CO)cc1. The molecule has 9 nitrogen and oxygen atoms in total. The maximum atomic E-state index is 12.0. The third-order valence-electron chi connectivity index (χ3n) is 6.68. The van der Waals surface area contributed by atoms with Crippen molar-refractivity contribution in [3.8, 4) is 0 Å². The molecule has 4 atom stereocenters. The molecule has 0 aromatic heterocycles. The highest BCUT2D eigenvalue weighted by Crippen LogP contribution is 2.43. The van der Waals surface area contributed by atoms with Crippen LogP contribution in [0.15, 0.2) is 77.7 Å². The predicted octanol–water partition coefficient (Wildman–Crippen LogP) is 5.26. The van der Waals surface area contributed by atoms with Gasteiger partial charge in [-0.05, 0) is 35.4 Å². The fraction of sp³-hybridized carbons (Fsp3) is 0.300. The molecule has 0 aliphatic carbocycles. The lowest BCUT2D eigenvalue weighted by Crippen LogP contribution is -2.38. The van der Waals surface area contributed by atoms with E-state index in [0.717, 1.165) is 16.7 Å². The number of aliphatic hydroxyl groups is 1. The van der Waals surface area contributed by atoms with Crippen LogP contribution in [0, 0.1) is 5.92 Å². The van der Waals surface area contributed by atoms with Gasteiger partial charge >= 0.3 is 11.9 Å². The number of aromatic carboxylic acids is 1. The van der Waals surface area contributed by atoms with Gasteiger partial charge in [0.1, 0.15) is 0 Å². The summed E-state index contributed by atoms with van der Waals surface area (Å²) in [7, 11) is 0. The summed E-state index contributed by atoms with van der Waals surface area (Å²) in [6, 6.07) is 21.4. The molecule has 0 radical (unpaired) electrons. The van der Waals surface area contributed by atoms with Crippen LogP contribution in [0.5, 0.6) is 0 Å². The van der Waals surface area contributed by atoms with E-state index >= 15 is 0 Å². The summed E-state index contributed by atoms with van der Waals surface area (Å²) in [6.07, 6.45) is -1.71. The smallest absolute Gasteiger partial charge is 0.336 e. The number of carbonyl (C=O) groups excluding carboxylic acids is 1. The summed E-state index contributed by atoms with van der Waals surface area (Å²) < 4.78 is 12.8. The van der Waals surface area contributed by atoms with Crippen LogP contribution >= 0.6 is 11.8 Å². The van der Waals surface area contributed by atoms with Crippen LogP contribution in [-0.2, 0) is 25.7 Å². The molecule has 0 unspecified atom stereocenters. The minimum atomic E-state index is -1.04. The van der Waals surface area contributed by atoms with E-state index in [0.29, 0.717) is 16.3 Å². The largest absolute Gasteiger partial charge is 0.481 e. The van der Waals surface area contributed by atoms with E-state index in [1.807, 2.05) is 31.2 Å². The molecule has 1 aliphatic heterocycles. The van der Waals surface area contributed by atoms with Crippen molar-refractivity contribution in [2.45, 2.75) is 49.8 Å². The van der Waals surface area contributed by atoms with Gasteiger partial charge in [-0.2, -0.15) is 0 Å². The second kappa shape index (κ2) is 13.6. The van der Waals surface area contributed by atoms with E-state index < -0.39 is 18.2 Å². The van der Waals surface area contributed by atoms with Crippen molar-refractivity contribution < 1.29 is 39.2 Å². The first kappa shape index (κ1) is 29.3. The Bertz CT molecular complexity index is 1330. The maximum absolute atomic E-state index is 12.0. The van der Waals surface area contributed by atoms with E-state index in [2.05, 4.69) is 5.32 Å². The molecule has 1 heterocycles. The first-order chi connectivity index (χ1) is 19.2. The zero-order valence-corrected chi connectivity index (χ0v) is 22.7. The first-order valence-electron chi connectivity index (χ1n) is 12.8. The number of aliphatic carboxylic acids is 1. The molecule has 0 bridgehead atoms. The van der Waals surface area contributed by atoms with Gasteiger partial charge in [0.05, 0.1) is 30.8 Å². The molecule has 10 heteroatoms. The van der Waals surface area contributed by atoms with Crippen LogP contribution in [0.4, 0.5) is 5.69 Å². The third-order valence-corrected chi connectivity index (χ3v) is 7.84. The van der Waals surface area contributed by atoms with Crippen LogP contribution in [0.25, 0.3) is 0 Å². The number of amides is 1. The number of hydrogen-bond acceptors (Lipinski definition) is 7. The number of carbonyl (C=O) groups is 3. The highest BCUT2D eigenvalue weighted by Gasteiger charge is 2.38. The highest BCUT2D eigenvalue weighted by atomic mass is 32.2. The molecule has 210 valence electrons. The zero-order valence-electron chi connectivity index (χ0n) is 21.9. The van der Waals surface area contributed by atoms with Crippen molar-refractivity contribution in [3.05, 3.63) is 95.1 Å². The Kier molecular flexibility index (Phi) is 9.94. The zero-order chi connectivity index (χ0) is 28.6. The van der Waals surface area contributed by atoms with Crippen LogP contribution < -0.4 is 5.32 Å². The Labute approximate surface area is 236 Å². The van der Waals surface area contributed by atoms with Gasteiger partial charge in [0.2, 0.25) is 5.91 Å². The topological polar surface area (TPSA) is 142 Å². The Morgan fingerprint density at radius 2 is 1.55 bits per heavy atom. The average molecular weight is 566 g/mol. The van der Waals surface area contributed by atoms with Crippen molar-refractivity contribution in [1.82, 2.24) is 0 Å². The molecule has 1 aliphatic rings. The normalized spacial score (nSPS) is 20.6. The summed E-state index contributed by atoms with van der Waals surface area (Å²) >= 11 is 1.42. The summed E-state index contributed by atoms with van der Waals surface area (Å²) in [5.74, 6) is -1.99. The van der Waals surface area contributed by atoms with Crippen LogP contribution in [-0.4, -0.2) is 45.0 Å². The second-order valence-electron chi connectivity index (χ2n) is 9.50. The lowest BCUT2D eigenvalue weighted by Gasteiger charge is -2.41. The van der Waals surface area contributed by atoms with Crippen molar-refractivity contribution in [2.24, 2.45) is 5.92 Å². The highest BCUT2D eigenvalue weighted by molar-refractivity contribution is 7.99. The average Bonchev–Trinajstić information content (AvgIpc) is 2.96. The summed E-state index contributed by atoms with van der Waals surface area (Å²) in [6.45, 7) is 1.97. The molecule has 1 amide bonds. The molecular formula is C30H31NO8S. The quantitative estimate of drug-likeness (QED) is 0.229. The van der Waals surface area contributed by atoms with Gasteiger partial charge in [-0.3, -0.25) is 9.59 Å². The lowest BCUT2D eigenvalue weighted by molar-refractivity contribution is -0.268. The van der Waals surface area contributed by atoms with Crippen LogP contribution in [0.2, 0.25) is 0 Å². The number of hydrogen-bond donors (Lipinski definition) is 4. The molecule has 3 aromatic carbocycles. The fourth-order valence-corrected chi connectivity index (χ4v) is 5.63. The summed E-state index contributed by atoms with van der Waals surface area (Å²) in [4.78, 5) is 35.1. The third kappa shape index (κ3) is 7.48. The molecular weight excluding hydrogens is 534 g/mol. The minimum Gasteiger partial charge on any atom is -0.481 e. The fourth-order valence-electron chi connectivity index (χ4n) is 4.42. The van der Waals surface area contributed by atoms with E-state index in [1.54, 1.807) is 48.5 Å². The van der Waals surface area contributed by atoms with Crippen molar-refractivity contribution >= 4 is 35.3 Å². The van der Waals surface area contributed by atoms with Crippen LogP contribution in [0.3, 0.4) is 0 Å². The summed E-state index contributed by atoms with van der Waals surface area (Å²) in [5.41, 5.74) is 3.21. The number of benzene rings is 3. The van der Waals surface area contributed by atoms with Gasteiger partial charge in [0, 0.05) is 34.2 Å². The Hall–Kier alpha value is -3.70. The standard InChI is InChI=1S/C30H31NO8S/c1-18-24(17-40-25-5-3-2-4-23(25)29(36)37)38-30(39-28(18)20-8-6-19(16-32)7-9-20)21-10-12-22(13-11-21)31-26(33)14-15-27(34)35/h2-13,18,24,28,30,32H,14-17H2,1H3,(H,31,33)(H,34,35)(H,36,37)/t18-,24+,28+,30+/m0/s1. The van der Waals surface area contributed by atoms with Crippen molar-refractivity contribution in [3.63, 3.8) is 0 Å². The number of aliphatic hydroxyl groups excluding tert-OH is 1. The molecule has 4 rings (SSSR count). The number of rotatable bonds is 11. The molecule has 0 saturated carbocycles. The first-order valence-corrected chi connectivity index (χ1v) is 13.8. The maximum Gasteiger partial charge on any atom is 0.336 e. The number of anilines is 1. The van der Waals surface area contributed by atoms with Crippen molar-refractivity contribution in [2.75, 3.05) is 11.1 Å². The van der Waals surface area contributed by atoms with Crippen molar-refractivity contribution in [1.29, 1.82) is 0 Å². The number of ether oxygens (including phenoxy) is 2. The molecule has 1 saturated heterocycles. The van der Waals surface area contributed by atoms with Crippen LogP contribution in [0.1, 0.15) is 59.2 Å². The Balaban J connectivity index is 1.54. The van der Waals surface area contributed by atoms with E-state index in [-0.39, 0.29) is 49.0 Å². The number of nitrogens with one attached hydrogen (secondary N) is 1. The number of carboxylic acid groups (broad SMARTS) is 2. The molecule has 40 heavy (non-hydrogen) atoms. The van der Waals surface area contributed by atoms with E-state index in [4.69, 9.17) is 14.6 Å². The molecule has 1 fully saturated rings. The van der Waals surface area contributed by atoms with Gasteiger partial charge in [-0.1, -0.05) is 55.5 Å². The number of thioether (sulfide) groups is 1. The van der Waals surface area contributed by atoms with E-state index in [1.165, 1.54) is 11.8 Å². The van der Waals surface area contributed by atoms with Gasteiger partial charge in [-0.15, -0.1) is 11.8 Å². The number of carboxylic acids is 2. The van der Waals surface area contributed by atoms with Gasteiger partial charge in [-0.25, -0.2) is 4.79 Å². The Morgan fingerprint density at radius 3 is 2.20 bits per heavy atom. The second-order valence-corrected chi connectivity index (χ2v) is 10.6. The van der Waals surface area contributed by atoms with E-state index in [9.17, 15) is 24.6 Å². The molecule has 3 aromatic rings. The monoisotopic (exact) mass is 565 g/mol. The minimum absolute atomic E-state index is 0.0610. The molecule has 4 N–H and O–H groups in total. The summed E-state index contributed by atoms with van der Waals surface area (Å²) in [5, 5.41) is 30.5. The van der Waals surface area contributed by atoms with Gasteiger partial charge in [0.15, 0.2) is 6.29 Å². The van der Waals surface area contributed by atoms with Gasteiger partial charge < -0.3 is 30.1 Å².